The molecule has 7 heteroatoms. The molecule has 3 aromatic rings. The zero-order valence-corrected chi connectivity index (χ0v) is 16.8. The Morgan fingerprint density at radius 2 is 2.07 bits per heavy atom. The first kappa shape index (κ1) is 19.2. The second kappa shape index (κ2) is 8.51. The van der Waals surface area contributed by atoms with Gasteiger partial charge in [-0.05, 0) is 53.6 Å². The van der Waals surface area contributed by atoms with Gasteiger partial charge >= 0.3 is 0 Å². The van der Waals surface area contributed by atoms with Crippen LogP contribution in [0.25, 0.3) is 6.08 Å². The molecule has 1 aromatic heterocycles. The minimum Gasteiger partial charge on any atom is -0.348 e. The first-order chi connectivity index (χ1) is 14.1. The van der Waals surface area contributed by atoms with Crippen LogP contribution in [-0.2, 0) is 11.3 Å². The van der Waals surface area contributed by atoms with E-state index in [9.17, 15) is 9.59 Å². The first-order valence-electron chi connectivity index (χ1n) is 8.86. The van der Waals surface area contributed by atoms with Crippen LogP contribution in [0.2, 0.25) is 5.02 Å². The molecular formula is C22H16ClN3O2S. The van der Waals surface area contributed by atoms with E-state index in [2.05, 4.69) is 15.6 Å². The van der Waals surface area contributed by atoms with E-state index in [4.69, 9.17) is 11.6 Å². The predicted molar refractivity (Wildman–Crippen MR) is 116 cm³/mol. The fraction of sp³-hybridized carbons (Fsp3) is 0.0455. The van der Waals surface area contributed by atoms with Gasteiger partial charge in [0.05, 0.1) is 10.6 Å². The summed E-state index contributed by atoms with van der Waals surface area (Å²) in [4.78, 5) is 30.4. The molecule has 0 unspecified atom stereocenters. The molecule has 1 aliphatic rings. The standard InChI is InChI=1S/C22H16ClN3O2S/c23-17-5-1-3-14(9-17)10-20-22(28)26-18-11-16(6-7-19(18)29-20)21(27)25-13-15-4-2-8-24-12-15/h1-12H,13H2,(H,25,27)(H,26,28). The number of aromatic nitrogens is 1. The number of rotatable bonds is 4. The molecule has 5 nitrogen and oxygen atoms in total. The number of benzene rings is 2. The Bertz CT molecular complexity index is 1120. The summed E-state index contributed by atoms with van der Waals surface area (Å²) in [5, 5.41) is 6.33. The summed E-state index contributed by atoms with van der Waals surface area (Å²) in [6.45, 7) is 0.386. The van der Waals surface area contributed by atoms with E-state index in [1.54, 1.807) is 42.7 Å². The maximum Gasteiger partial charge on any atom is 0.262 e. The molecule has 4 rings (SSSR count). The summed E-state index contributed by atoms with van der Waals surface area (Å²) in [7, 11) is 0. The quantitative estimate of drug-likeness (QED) is 0.596. The number of hydrogen-bond acceptors (Lipinski definition) is 4. The second-order valence-electron chi connectivity index (χ2n) is 6.37. The Hall–Kier alpha value is -3.09. The number of anilines is 1. The van der Waals surface area contributed by atoms with Crippen molar-refractivity contribution >= 4 is 46.9 Å². The maximum absolute atomic E-state index is 12.5. The first-order valence-corrected chi connectivity index (χ1v) is 10.1. The minimum atomic E-state index is -0.213. The Morgan fingerprint density at radius 1 is 1.17 bits per heavy atom. The van der Waals surface area contributed by atoms with Gasteiger partial charge in [0.15, 0.2) is 0 Å². The number of pyridine rings is 1. The molecule has 0 saturated carbocycles. The number of thioether (sulfide) groups is 1. The Kier molecular flexibility index (Phi) is 5.64. The highest BCUT2D eigenvalue weighted by molar-refractivity contribution is 8.04. The Balaban J connectivity index is 1.49. The van der Waals surface area contributed by atoms with Crippen molar-refractivity contribution in [2.75, 3.05) is 5.32 Å². The lowest BCUT2D eigenvalue weighted by Gasteiger charge is -2.19. The van der Waals surface area contributed by atoms with E-state index < -0.39 is 0 Å². The number of amides is 2. The lowest BCUT2D eigenvalue weighted by atomic mass is 10.1. The molecule has 0 bridgehead atoms. The molecule has 29 heavy (non-hydrogen) atoms. The molecule has 0 aliphatic carbocycles. The van der Waals surface area contributed by atoms with Crippen LogP contribution in [-0.4, -0.2) is 16.8 Å². The van der Waals surface area contributed by atoms with Crippen molar-refractivity contribution in [3.8, 4) is 0 Å². The summed E-state index contributed by atoms with van der Waals surface area (Å²) in [5.41, 5.74) is 2.87. The van der Waals surface area contributed by atoms with E-state index in [1.165, 1.54) is 11.8 Å². The van der Waals surface area contributed by atoms with Crippen LogP contribution in [0.15, 0.2) is 76.8 Å². The molecule has 2 amide bonds. The van der Waals surface area contributed by atoms with Gasteiger partial charge in [0, 0.05) is 34.4 Å². The number of hydrogen-bond donors (Lipinski definition) is 2. The lowest BCUT2D eigenvalue weighted by Crippen LogP contribution is -2.24. The highest BCUT2D eigenvalue weighted by Crippen LogP contribution is 2.39. The molecule has 0 radical (unpaired) electrons. The third kappa shape index (κ3) is 4.67. The van der Waals surface area contributed by atoms with Gasteiger partial charge in [0.1, 0.15) is 0 Å². The van der Waals surface area contributed by atoms with Crippen molar-refractivity contribution in [2.45, 2.75) is 11.4 Å². The summed E-state index contributed by atoms with van der Waals surface area (Å²) >= 11 is 7.38. The van der Waals surface area contributed by atoms with Gasteiger partial charge in [0.25, 0.3) is 11.8 Å². The zero-order valence-electron chi connectivity index (χ0n) is 15.2. The third-order valence-corrected chi connectivity index (χ3v) is 5.59. The molecule has 0 fully saturated rings. The highest BCUT2D eigenvalue weighted by atomic mass is 35.5. The van der Waals surface area contributed by atoms with Crippen LogP contribution in [0.4, 0.5) is 5.69 Å². The van der Waals surface area contributed by atoms with Crippen molar-refractivity contribution in [2.24, 2.45) is 0 Å². The number of fused-ring (bicyclic) bond motifs is 1. The molecule has 0 spiro atoms. The van der Waals surface area contributed by atoms with Gasteiger partial charge in [-0.15, -0.1) is 0 Å². The average molecular weight is 422 g/mol. The molecular weight excluding hydrogens is 406 g/mol. The number of carbonyl (C=O) groups excluding carboxylic acids is 2. The monoisotopic (exact) mass is 421 g/mol. The molecule has 0 atom stereocenters. The third-order valence-electron chi connectivity index (χ3n) is 4.26. The van der Waals surface area contributed by atoms with Gasteiger partial charge in [-0.25, -0.2) is 0 Å². The summed E-state index contributed by atoms with van der Waals surface area (Å²) in [5.74, 6) is -0.424. The van der Waals surface area contributed by atoms with Crippen molar-refractivity contribution < 1.29 is 9.59 Å². The van der Waals surface area contributed by atoms with Gasteiger partial charge < -0.3 is 10.6 Å². The average Bonchev–Trinajstić information content (AvgIpc) is 2.73. The number of halogens is 1. The fourth-order valence-corrected chi connectivity index (χ4v) is 3.97. The van der Waals surface area contributed by atoms with Crippen molar-refractivity contribution in [3.63, 3.8) is 0 Å². The largest absolute Gasteiger partial charge is 0.348 e. The maximum atomic E-state index is 12.5. The summed E-state index contributed by atoms with van der Waals surface area (Å²) in [6.07, 6.45) is 5.19. The second-order valence-corrected chi connectivity index (χ2v) is 7.89. The van der Waals surface area contributed by atoms with E-state index in [1.807, 2.05) is 30.3 Å². The van der Waals surface area contributed by atoms with E-state index in [0.29, 0.717) is 27.7 Å². The Labute approximate surface area is 177 Å². The molecule has 1 aliphatic heterocycles. The molecule has 0 saturated heterocycles. The minimum absolute atomic E-state index is 0.212. The Morgan fingerprint density at radius 3 is 2.86 bits per heavy atom. The molecule has 2 aromatic carbocycles. The number of carbonyl (C=O) groups is 2. The van der Waals surface area contributed by atoms with Crippen LogP contribution >= 0.6 is 23.4 Å². The smallest absolute Gasteiger partial charge is 0.262 e. The normalized spacial score (nSPS) is 14.2. The molecule has 2 N–H and O–H groups in total. The zero-order chi connectivity index (χ0) is 20.2. The van der Waals surface area contributed by atoms with E-state index in [0.717, 1.165) is 16.0 Å². The van der Waals surface area contributed by atoms with Crippen molar-refractivity contribution in [1.29, 1.82) is 0 Å². The number of nitrogens with zero attached hydrogens (tertiary/aromatic N) is 1. The van der Waals surface area contributed by atoms with Crippen LogP contribution in [0.3, 0.4) is 0 Å². The summed E-state index contributed by atoms with van der Waals surface area (Å²) in [6, 6.07) is 16.3. The summed E-state index contributed by atoms with van der Waals surface area (Å²) < 4.78 is 0. The van der Waals surface area contributed by atoms with Crippen LogP contribution in [0.1, 0.15) is 21.5 Å². The predicted octanol–water partition coefficient (Wildman–Crippen LogP) is 4.75. The van der Waals surface area contributed by atoms with Crippen LogP contribution in [0.5, 0.6) is 0 Å². The van der Waals surface area contributed by atoms with Crippen molar-refractivity contribution in [3.05, 3.63) is 93.6 Å². The topological polar surface area (TPSA) is 71.1 Å². The highest BCUT2D eigenvalue weighted by Gasteiger charge is 2.22. The van der Waals surface area contributed by atoms with Gasteiger partial charge in [-0.2, -0.15) is 0 Å². The SMILES string of the molecule is O=C1Nc2cc(C(=O)NCc3cccnc3)ccc2SC1=Cc1cccc(Cl)c1. The van der Waals surface area contributed by atoms with Gasteiger partial charge in [0.2, 0.25) is 0 Å². The van der Waals surface area contributed by atoms with Crippen LogP contribution in [0, 0.1) is 0 Å². The van der Waals surface area contributed by atoms with Gasteiger partial charge in [-0.3, -0.25) is 14.6 Å². The van der Waals surface area contributed by atoms with E-state index >= 15 is 0 Å². The molecule has 2 heterocycles. The number of nitrogens with one attached hydrogen (secondary N) is 2. The van der Waals surface area contributed by atoms with Crippen LogP contribution < -0.4 is 10.6 Å². The lowest BCUT2D eigenvalue weighted by molar-refractivity contribution is -0.112. The van der Waals surface area contributed by atoms with Crippen molar-refractivity contribution in [1.82, 2.24) is 10.3 Å². The molecule has 144 valence electrons. The van der Waals surface area contributed by atoms with Gasteiger partial charge in [-0.1, -0.05) is 41.6 Å². The fourth-order valence-electron chi connectivity index (χ4n) is 2.84. The van der Waals surface area contributed by atoms with E-state index in [-0.39, 0.29) is 11.8 Å².